The standard InChI is InChI=1S/C13H22N2O2/c1-15(9-12-4-2-3-7-16-12)10-13-6-5-11(8-14)17-13/h5-6,12H,2-4,7-10,14H2,1H3. The molecule has 4 heteroatoms. The van der Waals surface area contributed by atoms with E-state index in [2.05, 4.69) is 11.9 Å². The Bertz CT molecular complexity index is 332. The van der Waals surface area contributed by atoms with Gasteiger partial charge in [-0.1, -0.05) is 0 Å². The van der Waals surface area contributed by atoms with E-state index in [9.17, 15) is 0 Å². The van der Waals surface area contributed by atoms with Crippen molar-refractivity contribution >= 4 is 0 Å². The molecule has 4 nitrogen and oxygen atoms in total. The first-order valence-electron chi connectivity index (χ1n) is 6.35. The Balaban J connectivity index is 1.77. The van der Waals surface area contributed by atoms with Gasteiger partial charge >= 0.3 is 0 Å². The largest absolute Gasteiger partial charge is 0.463 e. The summed E-state index contributed by atoms with van der Waals surface area (Å²) in [4.78, 5) is 2.25. The van der Waals surface area contributed by atoms with Crippen molar-refractivity contribution in [1.82, 2.24) is 4.90 Å². The van der Waals surface area contributed by atoms with Crippen LogP contribution >= 0.6 is 0 Å². The maximum absolute atomic E-state index is 5.72. The fraction of sp³-hybridized carbons (Fsp3) is 0.692. The van der Waals surface area contributed by atoms with Crippen LogP contribution in [0.25, 0.3) is 0 Å². The van der Waals surface area contributed by atoms with E-state index in [-0.39, 0.29) is 0 Å². The Labute approximate surface area is 103 Å². The van der Waals surface area contributed by atoms with Crippen LogP contribution in [0.4, 0.5) is 0 Å². The summed E-state index contributed by atoms with van der Waals surface area (Å²) < 4.78 is 11.3. The molecule has 0 aliphatic carbocycles. The van der Waals surface area contributed by atoms with Crippen LogP contribution < -0.4 is 5.73 Å². The fourth-order valence-corrected chi connectivity index (χ4v) is 2.25. The Hall–Kier alpha value is -0.840. The summed E-state index contributed by atoms with van der Waals surface area (Å²) >= 11 is 0. The van der Waals surface area contributed by atoms with Gasteiger partial charge in [0.15, 0.2) is 0 Å². The first-order valence-corrected chi connectivity index (χ1v) is 6.35. The molecular formula is C13H22N2O2. The van der Waals surface area contributed by atoms with Crippen molar-refractivity contribution in [3.63, 3.8) is 0 Å². The number of ether oxygens (including phenoxy) is 1. The van der Waals surface area contributed by atoms with Crippen molar-refractivity contribution in [3.8, 4) is 0 Å². The highest BCUT2D eigenvalue weighted by Gasteiger charge is 2.16. The van der Waals surface area contributed by atoms with E-state index < -0.39 is 0 Å². The van der Waals surface area contributed by atoms with E-state index in [1.807, 2.05) is 12.1 Å². The highest BCUT2D eigenvalue weighted by Crippen LogP contribution is 2.15. The summed E-state index contributed by atoms with van der Waals surface area (Å²) in [6.45, 7) is 3.17. The molecule has 17 heavy (non-hydrogen) atoms. The van der Waals surface area contributed by atoms with Crippen LogP contribution in [0, 0.1) is 0 Å². The molecule has 0 radical (unpaired) electrons. The van der Waals surface area contributed by atoms with Crippen molar-refractivity contribution in [2.75, 3.05) is 20.2 Å². The van der Waals surface area contributed by atoms with E-state index in [1.54, 1.807) is 0 Å². The van der Waals surface area contributed by atoms with Gasteiger partial charge in [0.05, 0.1) is 19.2 Å². The van der Waals surface area contributed by atoms with Crippen LogP contribution in [0.5, 0.6) is 0 Å². The fourth-order valence-electron chi connectivity index (χ4n) is 2.25. The number of rotatable bonds is 5. The van der Waals surface area contributed by atoms with E-state index in [4.69, 9.17) is 14.9 Å². The third-order valence-corrected chi connectivity index (χ3v) is 3.13. The lowest BCUT2D eigenvalue weighted by atomic mass is 10.1. The SMILES string of the molecule is CN(Cc1ccc(CN)o1)CC1CCCCO1. The van der Waals surface area contributed by atoms with Crippen LogP contribution in [0.15, 0.2) is 16.5 Å². The third kappa shape index (κ3) is 3.84. The minimum absolute atomic E-state index is 0.387. The summed E-state index contributed by atoms with van der Waals surface area (Å²) in [5, 5.41) is 0. The Morgan fingerprint density at radius 2 is 2.18 bits per heavy atom. The maximum Gasteiger partial charge on any atom is 0.118 e. The van der Waals surface area contributed by atoms with Gasteiger partial charge in [0.2, 0.25) is 0 Å². The second-order valence-electron chi connectivity index (χ2n) is 4.76. The lowest BCUT2D eigenvalue weighted by Gasteiger charge is -2.26. The van der Waals surface area contributed by atoms with Crippen molar-refractivity contribution in [2.24, 2.45) is 5.73 Å². The molecule has 1 aromatic rings. The summed E-state index contributed by atoms with van der Waals surface area (Å²) in [6, 6.07) is 3.95. The van der Waals surface area contributed by atoms with Crippen molar-refractivity contribution in [3.05, 3.63) is 23.7 Å². The Morgan fingerprint density at radius 3 is 2.82 bits per heavy atom. The molecule has 1 atom stereocenters. The van der Waals surface area contributed by atoms with Gasteiger partial charge in [0.25, 0.3) is 0 Å². The van der Waals surface area contributed by atoms with E-state index in [0.29, 0.717) is 12.6 Å². The summed E-state index contributed by atoms with van der Waals surface area (Å²) in [5.74, 6) is 1.83. The van der Waals surface area contributed by atoms with E-state index >= 15 is 0 Å². The zero-order chi connectivity index (χ0) is 12.1. The summed E-state index contributed by atoms with van der Waals surface area (Å²) in [6.07, 6.45) is 4.06. The lowest BCUT2D eigenvalue weighted by molar-refractivity contribution is -0.00341. The molecule has 1 fully saturated rings. The number of nitrogens with zero attached hydrogens (tertiary/aromatic N) is 1. The average molecular weight is 238 g/mol. The van der Waals surface area contributed by atoms with Crippen LogP contribution in [0.2, 0.25) is 0 Å². The first-order chi connectivity index (χ1) is 8.28. The van der Waals surface area contributed by atoms with Crippen LogP contribution in [0.1, 0.15) is 30.8 Å². The number of hydrogen-bond acceptors (Lipinski definition) is 4. The molecule has 1 saturated heterocycles. The van der Waals surface area contributed by atoms with Gasteiger partial charge in [-0.2, -0.15) is 0 Å². The van der Waals surface area contributed by atoms with Gasteiger partial charge in [-0.15, -0.1) is 0 Å². The Morgan fingerprint density at radius 1 is 1.35 bits per heavy atom. The highest BCUT2D eigenvalue weighted by atomic mass is 16.5. The predicted octanol–water partition coefficient (Wildman–Crippen LogP) is 1.74. The zero-order valence-electron chi connectivity index (χ0n) is 10.5. The molecule has 0 bridgehead atoms. The van der Waals surface area contributed by atoms with Crippen molar-refractivity contribution in [1.29, 1.82) is 0 Å². The number of nitrogens with two attached hydrogens (primary N) is 1. The average Bonchev–Trinajstić information content (AvgIpc) is 2.78. The molecule has 96 valence electrons. The molecule has 2 N–H and O–H groups in total. The molecule has 2 rings (SSSR count). The Kier molecular flexibility index (Phi) is 4.59. The maximum atomic E-state index is 5.72. The van der Waals surface area contributed by atoms with Crippen molar-refractivity contribution < 1.29 is 9.15 Å². The minimum Gasteiger partial charge on any atom is -0.463 e. The topological polar surface area (TPSA) is 51.6 Å². The van der Waals surface area contributed by atoms with Crippen LogP contribution in [-0.4, -0.2) is 31.2 Å². The number of hydrogen-bond donors (Lipinski definition) is 1. The molecule has 1 unspecified atom stereocenters. The van der Waals surface area contributed by atoms with Crippen LogP contribution in [-0.2, 0) is 17.8 Å². The smallest absolute Gasteiger partial charge is 0.118 e. The molecule has 0 aromatic carbocycles. The van der Waals surface area contributed by atoms with E-state index in [0.717, 1.165) is 31.2 Å². The molecular weight excluding hydrogens is 216 g/mol. The first kappa shape index (κ1) is 12.6. The van der Waals surface area contributed by atoms with Gasteiger partial charge in [-0.05, 0) is 38.4 Å². The summed E-state index contributed by atoms with van der Waals surface area (Å²) in [5.41, 5.74) is 5.52. The highest BCUT2D eigenvalue weighted by molar-refractivity contribution is 5.06. The van der Waals surface area contributed by atoms with Gasteiger partial charge in [-0.25, -0.2) is 0 Å². The van der Waals surface area contributed by atoms with Gasteiger partial charge in [0, 0.05) is 13.2 Å². The van der Waals surface area contributed by atoms with Gasteiger partial charge in [0.1, 0.15) is 11.5 Å². The monoisotopic (exact) mass is 238 g/mol. The number of likely N-dealkylation sites (N-methyl/N-ethyl adjacent to an activating group) is 1. The normalized spacial score (nSPS) is 21.0. The lowest BCUT2D eigenvalue weighted by Crippen LogP contribution is -2.32. The minimum atomic E-state index is 0.387. The quantitative estimate of drug-likeness (QED) is 0.849. The molecule has 0 spiro atoms. The molecule has 1 aliphatic rings. The van der Waals surface area contributed by atoms with Crippen molar-refractivity contribution in [2.45, 2.75) is 38.5 Å². The molecule has 1 aliphatic heterocycles. The molecule has 1 aromatic heterocycles. The predicted molar refractivity (Wildman–Crippen MR) is 66.5 cm³/mol. The summed E-state index contributed by atoms with van der Waals surface area (Å²) in [7, 11) is 2.10. The third-order valence-electron chi connectivity index (χ3n) is 3.13. The molecule has 0 saturated carbocycles. The molecule has 2 heterocycles. The number of furan rings is 1. The zero-order valence-corrected chi connectivity index (χ0v) is 10.5. The molecule has 0 amide bonds. The second-order valence-corrected chi connectivity index (χ2v) is 4.76. The van der Waals surface area contributed by atoms with Gasteiger partial charge in [-0.3, -0.25) is 4.90 Å². The van der Waals surface area contributed by atoms with Crippen LogP contribution in [0.3, 0.4) is 0 Å². The van der Waals surface area contributed by atoms with E-state index in [1.165, 1.54) is 19.3 Å². The van der Waals surface area contributed by atoms with Gasteiger partial charge < -0.3 is 14.9 Å². The second kappa shape index (κ2) is 6.19.